The summed E-state index contributed by atoms with van der Waals surface area (Å²) in [6.07, 6.45) is 1.67. The zero-order valence-corrected chi connectivity index (χ0v) is 9.92. The van der Waals surface area contributed by atoms with Gasteiger partial charge in [0.2, 0.25) is 0 Å². The van der Waals surface area contributed by atoms with Gasteiger partial charge in [-0.2, -0.15) is 0 Å². The lowest BCUT2D eigenvalue weighted by atomic mass is 10.1. The van der Waals surface area contributed by atoms with Gasteiger partial charge in [0.1, 0.15) is 5.76 Å². The van der Waals surface area contributed by atoms with Gasteiger partial charge in [0.15, 0.2) is 0 Å². The van der Waals surface area contributed by atoms with Crippen LogP contribution >= 0.6 is 11.6 Å². The highest BCUT2D eigenvalue weighted by Gasteiger charge is 2.05. The number of furan rings is 1. The molecular formula is C13H14ClNO. The maximum atomic E-state index is 6.12. The third kappa shape index (κ3) is 2.46. The Morgan fingerprint density at radius 3 is 2.88 bits per heavy atom. The molecule has 0 bridgehead atoms. The summed E-state index contributed by atoms with van der Waals surface area (Å²) in [5.41, 5.74) is 2.15. The fraction of sp³-hybridized carbons (Fsp3) is 0.231. The average Bonchev–Trinajstić information content (AvgIpc) is 2.81. The highest BCUT2D eigenvalue weighted by molar-refractivity contribution is 6.31. The van der Waals surface area contributed by atoms with Crippen molar-refractivity contribution in [2.75, 3.05) is 6.54 Å². The molecule has 3 heteroatoms. The van der Waals surface area contributed by atoms with Gasteiger partial charge in [-0.1, -0.05) is 18.5 Å². The summed E-state index contributed by atoms with van der Waals surface area (Å²) < 4.78 is 5.36. The third-order valence-electron chi connectivity index (χ3n) is 2.42. The van der Waals surface area contributed by atoms with Crippen LogP contribution in [0.4, 0.5) is 0 Å². The van der Waals surface area contributed by atoms with Crippen molar-refractivity contribution < 1.29 is 4.42 Å². The molecule has 1 aromatic carbocycles. The zero-order valence-electron chi connectivity index (χ0n) is 9.16. The Kier molecular flexibility index (Phi) is 3.65. The largest absolute Gasteiger partial charge is 0.464 e. The molecule has 0 aliphatic rings. The van der Waals surface area contributed by atoms with Crippen LogP contribution in [0.15, 0.2) is 41.0 Å². The molecule has 16 heavy (non-hydrogen) atoms. The molecule has 0 radical (unpaired) electrons. The van der Waals surface area contributed by atoms with Gasteiger partial charge < -0.3 is 9.73 Å². The van der Waals surface area contributed by atoms with Crippen LogP contribution in [0, 0.1) is 0 Å². The standard InChI is InChI=1S/C13H14ClNO/c1-2-15-9-11-8-10(5-6-12(11)14)13-4-3-7-16-13/h3-8,15H,2,9H2,1H3. The third-order valence-corrected chi connectivity index (χ3v) is 2.79. The summed E-state index contributed by atoms with van der Waals surface area (Å²) in [6.45, 7) is 3.79. The second-order valence-electron chi connectivity index (χ2n) is 3.56. The smallest absolute Gasteiger partial charge is 0.133 e. The Labute approximate surface area is 100 Å². The van der Waals surface area contributed by atoms with Gasteiger partial charge in [-0.3, -0.25) is 0 Å². The molecule has 2 rings (SSSR count). The summed E-state index contributed by atoms with van der Waals surface area (Å²) in [4.78, 5) is 0. The van der Waals surface area contributed by atoms with E-state index in [1.54, 1.807) is 6.26 Å². The molecule has 0 aliphatic heterocycles. The highest BCUT2D eigenvalue weighted by Crippen LogP contribution is 2.25. The van der Waals surface area contributed by atoms with E-state index >= 15 is 0 Å². The van der Waals surface area contributed by atoms with Crippen molar-refractivity contribution in [2.45, 2.75) is 13.5 Å². The van der Waals surface area contributed by atoms with Crippen molar-refractivity contribution in [3.8, 4) is 11.3 Å². The second kappa shape index (κ2) is 5.19. The van der Waals surface area contributed by atoms with Crippen molar-refractivity contribution in [1.82, 2.24) is 5.32 Å². The Bertz CT molecular complexity index is 451. The number of rotatable bonds is 4. The topological polar surface area (TPSA) is 25.2 Å². The van der Waals surface area contributed by atoms with Crippen LogP contribution in [0.25, 0.3) is 11.3 Å². The molecule has 0 spiro atoms. The molecule has 2 aromatic rings. The van der Waals surface area contributed by atoms with Crippen LogP contribution in [0.5, 0.6) is 0 Å². The van der Waals surface area contributed by atoms with E-state index in [2.05, 4.69) is 18.3 Å². The summed E-state index contributed by atoms with van der Waals surface area (Å²) in [5, 5.41) is 4.05. The van der Waals surface area contributed by atoms with E-state index in [9.17, 15) is 0 Å². The van der Waals surface area contributed by atoms with Crippen molar-refractivity contribution in [1.29, 1.82) is 0 Å². The molecule has 0 saturated heterocycles. The van der Waals surface area contributed by atoms with Crippen molar-refractivity contribution >= 4 is 11.6 Å². The van der Waals surface area contributed by atoms with E-state index < -0.39 is 0 Å². The first-order valence-electron chi connectivity index (χ1n) is 5.34. The van der Waals surface area contributed by atoms with Gasteiger partial charge >= 0.3 is 0 Å². The van der Waals surface area contributed by atoms with Crippen LogP contribution in [0.3, 0.4) is 0 Å². The lowest BCUT2D eigenvalue weighted by Crippen LogP contribution is -2.12. The number of halogens is 1. The van der Waals surface area contributed by atoms with E-state index in [1.807, 2.05) is 24.3 Å². The molecule has 0 fully saturated rings. The van der Waals surface area contributed by atoms with Gasteiger partial charge in [-0.25, -0.2) is 0 Å². The fourth-order valence-electron chi connectivity index (χ4n) is 1.57. The van der Waals surface area contributed by atoms with Gasteiger partial charge in [0, 0.05) is 17.1 Å². The average molecular weight is 236 g/mol. The molecule has 0 saturated carbocycles. The minimum atomic E-state index is 0.782. The quantitative estimate of drug-likeness (QED) is 0.874. The molecule has 0 unspecified atom stereocenters. The molecule has 84 valence electrons. The van der Waals surface area contributed by atoms with E-state index in [0.29, 0.717) is 0 Å². The first-order valence-corrected chi connectivity index (χ1v) is 5.72. The fourth-order valence-corrected chi connectivity index (χ4v) is 1.75. The summed E-state index contributed by atoms with van der Waals surface area (Å²) in [6, 6.07) is 9.76. The second-order valence-corrected chi connectivity index (χ2v) is 3.97. The van der Waals surface area contributed by atoms with Gasteiger partial charge in [-0.15, -0.1) is 0 Å². The number of hydrogen-bond acceptors (Lipinski definition) is 2. The van der Waals surface area contributed by atoms with Crippen molar-refractivity contribution in [2.24, 2.45) is 0 Å². The molecule has 1 aromatic heterocycles. The Balaban J connectivity index is 2.28. The summed E-state index contributed by atoms with van der Waals surface area (Å²) in [5.74, 6) is 0.870. The summed E-state index contributed by atoms with van der Waals surface area (Å²) in [7, 11) is 0. The maximum absolute atomic E-state index is 6.12. The van der Waals surface area contributed by atoms with E-state index in [4.69, 9.17) is 16.0 Å². The molecule has 0 amide bonds. The van der Waals surface area contributed by atoms with Gasteiger partial charge in [0.25, 0.3) is 0 Å². The zero-order chi connectivity index (χ0) is 11.4. The molecule has 1 heterocycles. The SMILES string of the molecule is CCNCc1cc(-c2ccco2)ccc1Cl. The summed E-state index contributed by atoms with van der Waals surface area (Å²) >= 11 is 6.12. The number of hydrogen-bond donors (Lipinski definition) is 1. The molecule has 2 nitrogen and oxygen atoms in total. The first kappa shape index (κ1) is 11.2. The number of nitrogens with one attached hydrogen (secondary N) is 1. The van der Waals surface area contributed by atoms with E-state index in [-0.39, 0.29) is 0 Å². The molecule has 0 atom stereocenters. The minimum Gasteiger partial charge on any atom is -0.464 e. The van der Waals surface area contributed by atoms with Crippen LogP contribution in [-0.2, 0) is 6.54 Å². The first-order chi connectivity index (χ1) is 7.81. The minimum absolute atomic E-state index is 0.782. The Morgan fingerprint density at radius 2 is 2.19 bits per heavy atom. The predicted molar refractivity (Wildman–Crippen MR) is 66.5 cm³/mol. The van der Waals surface area contributed by atoms with Crippen molar-refractivity contribution in [3.05, 3.63) is 47.2 Å². The van der Waals surface area contributed by atoms with Gasteiger partial charge in [-0.05, 0) is 42.4 Å². The van der Waals surface area contributed by atoms with Crippen LogP contribution < -0.4 is 5.32 Å². The highest BCUT2D eigenvalue weighted by atomic mass is 35.5. The van der Waals surface area contributed by atoms with E-state index in [1.165, 1.54) is 0 Å². The maximum Gasteiger partial charge on any atom is 0.133 e. The van der Waals surface area contributed by atoms with Crippen molar-refractivity contribution in [3.63, 3.8) is 0 Å². The molecule has 0 aliphatic carbocycles. The molecule has 1 N–H and O–H groups in total. The molecular weight excluding hydrogens is 222 g/mol. The van der Waals surface area contributed by atoms with E-state index in [0.717, 1.165) is 35.0 Å². The van der Waals surface area contributed by atoms with Gasteiger partial charge in [0.05, 0.1) is 6.26 Å². The van der Waals surface area contributed by atoms with Crippen LogP contribution in [0.2, 0.25) is 5.02 Å². The Hall–Kier alpha value is -1.25. The van der Waals surface area contributed by atoms with Crippen LogP contribution in [0.1, 0.15) is 12.5 Å². The predicted octanol–water partition coefficient (Wildman–Crippen LogP) is 3.71. The monoisotopic (exact) mass is 235 g/mol. The van der Waals surface area contributed by atoms with Crippen LogP contribution in [-0.4, -0.2) is 6.54 Å². The number of benzene rings is 1. The normalized spacial score (nSPS) is 10.6. The lowest BCUT2D eigenvalue weighted by molar-refractivity contribution is 0.582. The lowest BCUT2D eigenvalue weighted by Gasteiger charge is -2.06. The Morgan fingerprint density at radius 1 is 1.31 bits per heavy atom.